The van der Waals surface area contributed by atoms with Crippen molar-refractivity contribution in [2.45, 2.75) is 0 Å². The fourth-order valence-corrected chi connectivity index (χ4v) is 25.9. The highest BCUT2D eigenvalue weighted by molar-refractivity contribution is 6.96. The van der Waals surface area contributed by atoms with Crippen LogP contribution in [0.2, 0.25) is 0 Å². The van der Waals surface area contributed by atoms with Crippen LogP contribution in [0.3, 0.4) is 0 Å². The van der Waals surface area contributed by atoms with Gasteiger partial charge in [0.1, 0.15) is 0 Å². The molecule has 0 aliphatic carbocycles. The normalized spacial score (nSPS) is 56.6. The van der Waals surface area contributed by atoms with Crippen molar-refractivity contribution in [2.75, 3.05) is 0 Å². The molecule has 1 spiro atoms. The molecule has 4 aliphatic rings. The van der Waals surface area contributed by atoms with E-state index in [0.29, 0.717) is 0 Å². The van der Waals surface area contributed by atoms with E-state index < -0.39 is 63.3 Å². The molecule has 4 rings (SSSR count). The van der Waals surface area contributed by atoms with Crippen molar-refractivity contribution in [3.05, 3.63) is 0 Å². The van der Waals surface area contributed by atoms with Crippen molar-refractivity contribution < 1.29 is 79.5 Å². The van der Waals surface area contributed by atoms with Crippen molar-refractivity contribution in [1.82, 2.24) is 0 Å². The number of hydrogen-bond acceptors (Lipinski definition) is 18. The molecule has 0 aromatic rings. The standard InChI is InChI=1S/H8O18Si7/c1-19(2)9-21(5)13-23(7)11-20(3,4)12-24(8)14-22(6,10-19)16-25(15-21,17-23)18-24/h1-8H. The quantitative estimate of drug-likeness (QED) is 0.146. The Labute approximate surface area is 143 Å². The topological polar surface area (TPSA) is 254 Å². The first-order valence-corrected chi connectivity index (χ1v) is 17.6. The molecular formula is H8O18Si7. The number of hydrogen-bond donors (Lipinski definition) is 8. The second kappa shape index (κ2) is 5.04. The fourth-order valence-electron chi connectivity index (χ4n) is 2.05. The summed E-state index contributed by atoms with van der Waals surface area (Å²) < 4.78 is 45.9. The van der Waals surface area contributed by atoms with Gasteiger partial charge in [-0.2, -0.15) is 0 Å². The maximum Gasteiger partial charge on any atom is 0.662 e. The van der Waals surface area contributed by atoms with Crippen LogP contribution in [0.25, 0.3) is 0 Å². The van der Waals surface area contributed by atoms with Crippen LogP contribution in [-0.4, -0.2) is 102 Å². The SMILES string of the molecule is O[Si]1(O)O[Si]2(O)O[Si]3(O)O[Si](O)(O)O[Si]4(O)O[Si](O)(O1)O[Si](O2)(O3)O4. The molecular weight excluding hydrogens is 485 g/mol. The summed E-state index contributed by atoms with van der Waals surface area (Å²) in [6.07, 6.45) is 0. The maximum absolute atomic E-state index is 10.2. The van der Waals surface area contributed by atoms with Gasteiger partial charge in [-0.1, -0.05) is 0 Å². The van der Waals surface area contributed by atoms with Gasteiger partial charge in [-0.25, -0.2) is 0 Å². The lowest BCUT2D eigenvalue weighted by molar-refractivity contribution is -0.135. The molecule has 5 bridgehead atoms. The molecule has 4 heterocycles. The number of fused-ring (bicyclic) bond motifs is 4. The monoisotopic (exact) mass is 492 g/mol. The van der Waals surface area contributed by atoms with E-state index >= 15 is 0 Å². The van der Waals surface area contributed by atoms with Crippen LogP contribution >= 0.6 is 0 Å². The largest absolute Gasteiger partial charge is 0.662 e. The Morgan fingerprint density at radius 1 is 0.320 bits per heavy atom. The molecule has 4 saturated heterocycles. The lowest BCUT2D eigenvalue weighted by Gasteiger charge is -2.53. The van der Waals surface area contributed by atoms with Gasteiger partial charge >= 0.3 is 63.3 Å². The predicted molar refractivity (Wildman–Crippen MR) is 68.9 cm³/mol. The molecule has 4 atom stereocenters. The van der Waals surface area contributed by atoms with E-state index in [-0.39, 0.29) is 0 Å². The highest BCUT2D eigenvalue weighted by atomic mass is 28.6. The predicted octanol–water partition coefficient (Wildman–Crippen LogP) is -7.81. The van der Waals surface area contributed by atoms with Crippen LogP contribution in [0.5, 0.6) is 0 Å². The Kier molecular flexibility index (Phi) is 3.86. The number of rotatable bonds is 0. The minimum atomic E-state index is -5.50. The molecule has 144 valence electrons. The zero-order valence-electron chi connectivity index (χ0n) is 11.2. The average Bonchev–Trinajstić information content (AvgIpc) is 2.12. The van der Waals surface area contributed by atoms with Gasteiger partial charge < -0.3 is 79.5 Å². The summed E-state index contributed by atoms with van der Waals surface area (Å²) in [6.45, 7) is 0. The molecule has 0 amide bonds. The highest BCUT2D eigenvalue weighted by Gasteiger charge is 2.87. The molecule has 25 heteroatoms. The smallest absolute Gasteiger partial charge is 0.369 e. The van der Waals surface area contributed by atoms with Gasteiger partial charge in [-0.3, -0.25) is 0 Å². The second-order valence-electron chi connectivity index (χ2n) is 4.71. The van der Waals surface area contributed by atoms with Crippen LogP contribution in [0.15, 0.2) is 0 Å². The fraction of sp³-hybridized carbons (Fsp3) is 0. The summed E-state index contributed by atoms with van der Waals surface area (Å²) in [7, 11) is -37.5. The summed E-state index contributed by atoms with van der Waals surface area (Å²) in [5, 5.41) is 0. The molecule has 0 saturated carbocycles. The first-order chi connectivity index (χ1) is 11.1. The lowest BCUT2D eigenvalue weighted by atomic mass is 15.5. The van der Waals surface area contributed by atoms with Crippen molar-refractivity contribution in [1.29, 1.82) is 0 Å². The van der Waals surface area contributed by atoms with E-state index in [4.69, 9.17) is 16.5 Å². The molecule has 8 N–H and O–H groups in total. The Hall–Kier alpha value is 0.798. The molecule has 4 aliphatic heterocycles. The van der Waals surface area contributed by atoms with Gasteiger partial charge in [0.25, 0.3) is 0 Å². The van der Waals surface area contributed by atoms with Crippen molar-refractivity contribution in [3.63, 3.8) is 0 Å². The Morgan fingerprint density at radius 2 is 0.560 bits per heavy atom. The molecule has 0 aromatic heterocycles. The molecule has 18 nitrogen and oxygen atoms in total. The van der Waals surface area contributed by atoms with Crippen LogP contribution in [0, 0.1) is 0 Å². The zero-order valence-corrected chi connectivity index (χ0v) is 18.2. The van der Waals surface area contributed by atoms with Crippen molar-refractivity contribution in [2.24, 2.45) is 0 Å². The zero-order chi connectivity index (χ0) is 18.6. The minimum absolute atomic E-state index is 4.40. The first kappa shape index (κ1) is 19.1. The van der Waals surface area contributed by atoms with E-state index in [2.05, 4.69) is 24.7 Å². The summed E-state index contributed by atoms with van der Waals surface area (Å²) >= 11 is 0. The van der Waals surface area contributed by atoms with Crippen LogP contribution < -0.4 is 0 Å². The average molecular weight is 493 g/mol. The van der Waals surface area contributed by atoms with E-state index in [0.717, 1.165) is 0 Å². The molecule has 25 heavy (non-hydrogen) atoms. The Balaban J connectivity index is 1.89. The third kappa shape index (κ3) is 3.49. The third-order valence-electron chi connectivity index (χ3n) is 2.58. The van der Waals surface area contributed by atoms with Gasteiger partial charge in [0.15, 0.2) is 0 Å². The van der Waals surface area contributed by atoms with Crippen molar-refractivity contribution >= 4 is 63.3 Å². The lowest BCUT2D eigenvalue weighted by Crippen LogP contribution is -2.89. The van der Waals surface area contributed by atoms with E-state index in [1.54, 1.807) is 0 Å². The molecule has 0 aromatic carbocycles. The molecule has 4 fully saturated rings. The van der Waals surface area contributed by atoms with Gasteiger partial charge in [0.2, 0.25) is 0 Å². The molecule has 0 radical (unpaired) electrons. The third-order valence-corrected chi connectivity index (χ3v) is 23.2. The Morgan fingerprint density at radius 3 is 0.800 bits per heavy atom. The first-order valence-electron chi connectivity index (χ1n) is 5.87. The summed E-state index contributed by atoms with van der Waals surface area (Å²) in [5.74, 6) is 0. The van der Waals surface area contributed by atoms with Gasteiger partial charge in [0, 0.05) is 0 Å². The summed E-state index contributed by atoms with van der Waals surface area (Å²) in [5.41, 5.74) is 0. The second-order valence-corrected chi connectivity index (χ2v) is 20.3. The molecule has 4 unspecified atom stereocenters. The van der Waals surface area contributed by atoms with Gasteiger partial charge in [0.05, 0.1) is 0 Å². The minimum Gasteiger partial charge on any atom is -0.369 e. The van der Waals surface area contributed by atoms with E-state index in [1.165, 1.54) is 0 Å². The van der Waals surface area contributed by atoms with E-state index in [9.17, 15) is 38.4 Å². The van der Waals surface area contributed by atoms with Crippen LogP contribution in [-0.2, 0) is 41.2 Å². The highest BCUT2D eigenvalue weighted by Crippen LogP contribution is 2.43. The van der Waals surface area contributed by atoms with Gasteiger partial charge in [-0.15, -0.1) is 0 Å². The summed E-state index contributed by atoms with van der Waals surface area (Å²) in [6, 6.07) is 0. The van der Waals surface area contributed by atoms with E-state index in [1.807, 2.05) is 0 Å². The summed E-state index contributed by atoms with van der Waals surface area (Å²) in [4.78, 5) is 79.5. The van der Waals surface area contributed by atoms with Crippen LogP contribution in [0.4, 0.5) is 0 Å². The van der Waals surface area contributed by atoms with Crippen molar-refractivity contribution in [3.8, 4) is 0 Å². The van der Waals surface area contributed by atoms with Crippen LogP contribution in [0.1, 0.15) is 0 Å². The maximum atomic E-state index is 10.2. The Bertz CT molecular complexity index is 505. The van der Waals surface area contributed by atoms with Gasteiger partial charge in [-0.05, 0) is 0 Å².